The fraction of sp³-hybridized carbons (Fsp3) is 0.273. The number of nitrogens with zero attached hydrogens (tertiary/aromatic N) is 1. The Morgan fingerprint density at radius 3 is 2.69 bits per heavy atom. The topological polar surface area (TPSA) is 62.1 Å². The molecule has 4 nitrogen and oxygen atoms in total. The number of nitrogens with one attached hydrogen (secondary N) is 1. The second kappa shape index (κ2) is 8.23. The van der Waals surface area contributed by atoms with Crippen LogP contribution in [0.4, 0.5) is 4.79 Å². The lowest BCUT2D eigenvalue weighted by Crippen LogP contribution is -2.24. The van der Waals surface area contributed by atoms with Gasteiger partial charge in [0, 0.05) is 18.5 Å². The van der Waals surface area contributed by atoms with E-state index >= 15 is 0 Å². The molecule has 2 aromatic carbocycles. The molecule has 1 aliphatic rings. The van der Waals surface area contributed by atoms with Gasteiger partial charge in [-0.2, -0.15) is 5.26 Å². The van der Waals surface area contributed by atoms with E-state index in [2.05, 4.69) is 23.2 Å². The summed E-state index contributed by atoms with van der Waals surface area (Å²) in [4.78, 5) is 11.6. The second-order valence-electron chi connectivity index (χ2n) is 6.31. The van der Waals surface area contributed by atoms with Crippen LogP contribution in [0.15, 0.2) is 54.6 Å². The van der Waals surface area contributed by atoms with Crippen molar-refractivity contribution >= 4 is 6.09 Å². The number of ether oxygens (including phenoxy) is 1. The summed E-state index contributed by atoms with van der Waals surface area (Å²) in [5.74, 6) is 6.13. The number of alkyl carbamates (subject to hydrolysis) is 1. The van der Waals surface area contributed by atoms with Crippen molar-refractivity contribution in [1.29, 1.82) is 5.26 Å². The summed E-state index contributed by atoms with van der Waals surface area (Å²) in [6.45, 7) is 0.689. The van der Waals surface area contributed by atoms with Gasteiger partial charge in [0.25, 0.3) is 0 Å². The van der Waals surface area contributed by atoms with Crippen LogP contribution >= 0.6 is 0 Å². The monoisotopic (exact) mass is 344 g/mol. The Morgan fingerprint density at radius 2 is 1.96 bits per heavy atom. The van der Waals surface area contributed by atoms with Crippen LogP contribution in [0, 0.1) is 23.2 Å². The predicted octanol–water partition coefficient (Wildman–Crippen LogP) is 3.91. The summed E-state index contributed by atoms with van der Waals surface area (Å²) in [7, 11) is 0. The maximum atomic E-state index is 11.6. The number of nitriles is 1. The number of carbonyl (C=O) groups is 1. The molecule has 0 radical (unpaired) electrons. The fourth-order valence-electron chi connectivity index (χ4n) is 2.65. The van der Waals surface area contributed by atoms with E-state index in [-0.39, 0.29) is 12.0 Å². The molecule has 0 aromatic heterocycles. The Labute approximate surface area is 153 Å². The number of hydrogen-bond donors (Lipinski definition) is 1. The number of amides is 1. The number of hydrogen-bond acceptors (Lipinski definition) is 3. The van der Waals surface area contributed by atoms with Gasteiger partial charge in [0.1, 0.15) is 6.61 Å². The van der Waals surface area contributed by atoms with Crippen LogP contribution in [-0.2, 0) is 16.8 Å². The molecule has 26 heavy (non-hydrogen) atoms. The molecule has 1 fully saturated rings. The molecule has 4 heteroatoms. The van der Waals surface area contributed by atoms with Crippen LogP contribution in [0.3, 0.4) is 0 Å². The molecular formula is C22H20N2O2. The first-order valence-electron chi connectivity index (χ1n) is 8.67. The van der Waals surface area contributed by atoms with Crippen LogP contribution in [-0.4, -0.2) is 12.6 Å². The molecule has 0 atom stereocenters. The van der Waals surface area contributed by atoms with E-state index in [4.69, 9.17) is 4.74 Å². The largest absolute Gasteiger partial charge is 0.445 e. The summed E-state index contributed by atoms with van der Waals surface area (Å²) in [5.41, 5.74) is 2.61. The highest BCUT2D eigenvalue weighted by molar-refractivity contribution is 5.67. The Bertz CT molecular complexity index is 868. The van der Waals surface area contributed by atoms with Gasteiger partial charge in [0.15, 0.2) is 0 Å². The maximum Gasteiger partial charge on any atom is 0.407 e. The molecule has 1 amide bonds. The molecular weight excluding hydrogens is 324 g/mol. The van der Waals surface area contributed by atoms with Gasteiger partial charge in [0.2, 0.25) is 0 Å². The molecule has 130 valence electrons. The zero-order valence-corrected chi connectivity index (χ0v) is 14.5. The molecule has 0 bridgehead atoms. The highest BCUT2D eigenvalue weighted by atomic mass is 16.5. The van der Waals surface area contributed by atoms with Crippen molar-refractivity contribution in [2.45, 2.75) is 31.3 Å². The molecule has 2 aromatic rings. The molecule has 1 aliphatic carbocycles. The first kappa shape index (κ1) is 17.6. The van der Waals surface area contributed by atoms with Crippen LogP contribution in [0.25, 0.3) is 0 Å². The lowest BCUT2D eigenvalue weighted by atomic mass is 9.96. The number of benzene rings is 2. The van der Waals surface area contributed by atoms with Crippen molar-refractivity contribution in [2.24, 2.45) is 0 Å². The standard InChI is InChI=1S/C22H20N2O2/c23-17-22(12-13-22)20-11-6-10-18(15-20)7-4-5-14-24-21(25)26-16-19-8-2-1-3-9-19/h1-3,6,8-11,15H,5,12-14,16H2,(H,24,25). The minimum absolute atomic E-state index is 0.256. The van der Waals surface area contributed by atoms with Gasteiger partial charge in [-0.15, -0.1) is 0 Å². The molecule has 0 saturated heterocycles. The van der Waals surface area contributed by atoms with E-state index in [0.717, 1.165) is 29.5 Å². The maximum absolute atomic E-state index is 11.6. The van der Waals surface area contributed by atoms with Crippen molar-refractivity contribution in [2.75, 3.05) is 6.54 Å². The molecule has 0 heterocycles. The van der Waals surface area contributed by atoms with E-state index in [1.807, 2.05) is 54.6 Å². The molecule has 0 spiro atoms. The smallest absolute Gasteiger partial charge is 0.407 e. The van der Waals surface area contributed by atoms with Crippen molar-refractivity contribution in [3.8, 4) is 17.9 Å². The van der Waals surface area contributed by atoms with Gasteiger partial charge in [0.05, 0.1) is 11.5 Å². The van der Waals surface area contributed by atoms with Gasteiger partial charge in [-0.05, 0) is 36.1 Å². The summed E-state index contributed by atoms with van der Waals surface area (Å²) < 4.78 is 5.14. The van der Waals surface area contributed by atoms with E-state index in [1.165, 1.54) is 0 Å². The average Bonchev–Trinajstić information content (AvgIpc) is 3.49. The predicted molar refractivity (Wildman–Crippen MR) is 99.1 cm³/mol. The van der Waals surface area contributed by atoms with Crippen LogP contribution in [0.2, 0.25) is 0 Å². The van der Waals surface area contributed by atoms with E-state index in [0.29, 0.717) is 13.0 Å². The Balaban J connectivity index is 1.41. The van der Waals surface area contributed by atoms with Gasteiger partial charge >= 0.3 is 6.09 Å². The summed E-state index contributed by atoms with van der Waals surface area (Å²) in [5, 5.41) is 12.0. The van der Waals surface area contributed by atoms with Crippen molar-refractivity contribution in [3.05, 3.63) is 71.3 Å². The minimum atomic E-state index is -0.442. The van der Waals surface area contributed by atoms with Crippen LogP contribution in [0.1, 0.15) is 36.0 Å². The summed E-state index contributed by atoms with van der Waals surface area (Å²) >= 11 is 0. The zero-order chi connectivity index (χ0) is 18.2. The zero-order valence-electron chi connectivity index (χ0n) is 14.5. The molecule has 0 aliphatic heterocycles. The molecule has 0 unspecified atom stereocenters. The highest BCUT2D eigenvalue weighted by Gasteiger charge is 2.44. The Hall–Kier alpha value is -3.24. The van der Waals surface area contributed by atoms with E-state index < -0.39 is 6.09 Å². The molecule has 1 N–H and O–H groups in total. The quantitative estimate of drug-likeness (QED) is 0.661. The first-order valence-corrected chi connectivity index (χ1v) is 8.67. The third-order valence-electron chi connectivity index (χ3n) is 4.34. The van der Waals surface area contributed by atoms with Gasteiger partial charge < -0.3 is 10.1 Å². The van der Waals surface area contributed by atoms with Gasteiger partial charge in [-0.3, -0.25) is 0 Å². The third-order valence-corrected chi connectivity index (χ3v) is 4.34. The minimum Gasteiger partial charge on any atom is -0.445 e. The van der Waals surface area contributed by atoms with Crippen LogP contribution < -0.4 is 5.32 Å². The van der Waals surface area contributed by atoms with Gasteiger partial charge in [-0.25, -0.2) is 4.79 Å². The van der Waals surface area contributed by atoms with E-state index in [9.17, 15) is 10.1 Å². The van der Waals surface area contributed by atoms with E-state index in [1.54, 1.807) is 0 Å². The van der Waals surface area contributed by atoms with Crippen LogP contribution in [0.5, 0.6) is 0 Å². The first-order chi connectivity index (χ1) is 12.7. The normalized spacial score (nSPS) is 13.7. The fourth-order valence-corrected chi connectivity index (χ4v) is 2.65. The Kier molecular flexibility index (Phi) is 5.56. The SMILES string of the molecule is N#CC1(c2cccc(C#CCCNC(=O)OCc3ccccc3)c2)CC1. The van der Waals surface area contributed by atoms with Crippen molar-refractivity contribution in [1.82, 2.24) is 5.32 Å². The Morgan fingerprint density at radius 1 is 1.15 bits per heavy atom. The highest BCUT2D eigenvalue weighted by Crippen LogP contribution is 2.47. The van der Waals surface area contributed by atoms with Gasteiger partial charge in [-0.1, -0.05) is 54.3 Å². The second-order valence-corrected chi connectivity index (χ2v) is 6.31. The lowest BCUT2D eigenvalue weighted by Gasteiger charge is -2.06. The third kappa shape index (κ3) is 4.65. The number of carbonyl (C=O) groups excluding carboxylic acids is 1. The lowest BCUT2D eigenvalue weighted by molar-refractivity contribution is 0.140. The summed E-state index contributed by atoms with van der Waals surface area (Å²) in [6, 6.07) is 19.8. The molecule has 3 rings (SSSR count). The van der Waals surface area contributed by atoms with Crippen molar-refractivity contribution in [3.63, 3.8) is 0 Å². The number of rotatable bonds is 5. The molecule has 1 saturated carbocycles. The van der Waals surface area contributed by atoms with Crippen molar-refractivity contribution < 1.29 is 9.53 Å². The summed E-state index contributed by atoms with van der Waals surface area (Å²) in [6.07, 6.45) is 1.95. The average molecular weight is 344 g/mol.